The molecule has 188 valence electrons. The fourth-order valence-corrected chi connectivity index (χ4v) is 4.76. The zero-order valence-corrected chi connectivity index (χ0v) is 21.2. The van der Waals surface area contributed by atoms with Gasteiger partial charge in [0.15, 0.2) is 6.17 Å². The minimum atomic E-state index is -1.26. The van der Waals surface area contributed by atoms with Crippen LogP contribution in [0.5, 0.6) is 0 Å². The van der Waals surface area contributed by atoms with Crippen molar-refractivity contribution >= 4 is 58.1 Å². The van der Waals surface area contributed by atoms with Crippen LogP contribution >= 0.6 is 34.8 Å². The third kappa shape index (κ3) is 5.65. The summed E-state index contributed by atoms with van der Waals surface area (Å²) < 4.78 is 19.0. The molecule has 1 aliphatic carbocycles. The molecule has 4 N–H and O–H groups in total. The minimum absolute atomic E-state index is 0.0833. The number of benzene rings is 1. The molecule has 12 heteroatoms. The Labute approximate surface area is 221 Å². The first-order valence-electron chi connectivity index (χ1n) is 10.8. The zero-order valence-electron chi connectivity index (χ0n) is 18.9. The van der Waals surface area contributed by atoms with E-state index in [0.717, 1.165) is 12.3 Å². The minimum Gasteiger partial charge on any atom is -0.383 e. The van der Waals surface area contributed by atoms with Crippen molar-refractivity contribution < 1.29 is 18.7 Å². The van der Waals surface area contributed by atoms with Gasteiger partial charge < -0.3 is 26.0 Å². The second kappa shape index (κ2) is 11.3. The van der Waals surface area contributed by atoms with E-state index in [1.807, 2.05) is 6.08 Å². The van der Waals surface area contributed by atoms with Gasteiger partial charge in [0, 0.05) is 35.5 Å². The van der Waals surface area contributed by atoms with Crippen molar-refractivity contribution in [2.24, 2.45) is 0 Å². The van der Waals surface area contributed by atoms with E-state index in [1.54, 1.807) is 12.2 Å². The maximum absolute atomic E-state index is 14.0. The molecule has 1 aliphatic heterocycles. The largest absolute Gasteiger partial charge is 0.383 e. The molecule has 4 rings (SSSR count). The highest BCUT2D eigenvalue weighted by Gasteiger charge is 2.32. The zero-order chi connectivity index (χ0) is 25.8. The number of hydrogen-bond donors (Lipinski definition) is 4. The normalized spacial score (nSPS) is 17.0. The molecule has 1 atom stereocenters. The van der Waals surface area contributed by atoms with Gasteiger partial charge in [-0.15, -0.1) is 0 Å². The van der Waals surface area contributed by atoms with Gasteiger partial charge >= 0.3 is 0 Å². The predicted octanol–water partition coefficient (Wildman–Crippen LogP) is 4.27. The van der Waals surface area contributed by atoms with Gasteiger partial charge in [-0.25, -0.2) is 9.37 Å². The number of carbonyl (C=O) groups is 2. The Kier molecular flexibility index (Phi) is 8.15. The summed E-state index contributed by atoms with van der Waals surface area (Å²) in [5.74, 6) is -1.84. The summed E-state index contributed by atoms with van der Waals surface area (Å²) in [4.78, 5) is 30.3. The highest BCUT2D eigenvalue weighted by atomic mass is 35.5. The number of fused-ring (bicyclic) bond motifs is 1. The van der Waals surface area contributed by atoms with E-state index in [1.165, 1.54) is 19.2 Å². The van der Waals surface area contributed by atoms with E-state index in [4.69, 9.17) is 39.5 Å². The Morgan fingerprint density at radius 3 is 2.72 bits per heavy atom. The number of allylic oxidation sites excluding steroid dienone is 4. The van der Waals surface area contributed by atoms with Crippen LogP contribution in [0.1, 0.15) is 22.3 Å². The summed E-state index contributed by atoms with van der Waals surface area (Å²) in [6.45, 7) is 0.679. The number of pyridine rings is 1. The fraction of sp³-hybridized carbons (Fsp3) is 0.208. The molecule has 2 amide bonds. The third-order valence-electron chi connectivity index (χ3n) is 5.39. The van der Waals surface area contributed by atoms with Crippen molar-refractivity contribution in [2.75, 3.05) is 25.6 Å². The van der Waals surface area contributed by atoms with E-state index in [0.29, 0.717) is 47.1 Å². The standard InChI is InChI=1S/C24H21Cl3FN5O3/c1-36-7-6-29-21-15(10-13(28)11-30-21)23(34)33-22-24(35)31-18-5-3-2-4-14(18)20(32-22)19-16(26)8-12(25)9-17(19)27/h2-3,5,8-11,22,32H,4,6-7H2,1H3,(H,29,30)(H,31,35)(H,33,34). The quantitative estimate of drug-likeness (QED) is 0.383. The Morgan fingerprint density at radius 1 is 1.25 bits per heavy atom. The number of amides is 2. The smallest absolute Gasteiger partial charge is 0.267 e. The summed E-state index contributed by atoms with van der Waals surface area (Å²) in [6, 6.07) is 4.10. The number of methoxy groups -OCH3 is 1. The molecule has 0 saturated carbocycles. The lowest BCUT2D eigenvalue weighted by atomic mass is 9.97. The van der Waals surface area contributed by atoms with Gasteiger partial charge in [-0.2, -0.15) is 0 Å². The van der Waals surface area contributed by atoms with Crippen molar-refractivity contribution in [3.05, 3.63) is 85.9 Å². The van der Waals surface area contributed by atoms with E-state index >= 15 is 0 Å². The van der Waals surface area contributed by atoms with Crippen molar-refractivity contribution in [2.45, 2.75) is 12.6 Å². The van der Waals surface area contributed by atoms with Gasteiger partial charge in [0.1, 0.15) is 11.6 Å². The predicted molar refractivity (Wildman–Crippen MR) is 137 cm³/mol. The van der Waals surface area contributed by atoms with Crippen LogP contribution in [-0.2, 0) is 9.53 Å². The number of hydrogen-bond acceptors (Lipinski definition) is 6. The average Bonchev–Trinajstić information content (AvgIpc) is 2.96. The average molecular weight is 553 g/mol. The van der Waals surface area contributed by atoms with Gasteiger partial charge in [0.25, 0.3) is 11.8 Å². The summed E-state index contributed by atoms with van der Waals surface area (Å²) in [5, 5.41) is 12.3. The topological polar surface area (TPSA) is 104 Å². The summed E-state index contributed by atoms with van der Waals surface area (Å²) in [5.41, 5.74) is 2.02. The number of ether oxygens (including phenoxy) is 1. The highest BCUT2D eigenvalue weighted by molar-refractivity contribution is 6.40. The number of nitrogens with one attached hydrogen (secondary N) is 4. The molecule has 0 bridgehead atoms. The molecule has 2 heterocycles. The summed E-state index contributed by atoms with van der Waals surface area (Å²) >= 11 is 19.1. The molecular weight excluding hydrogens is 532 g/mol. The number of anilines is 1. The third-order valence-corrected chi connectivity index (χ3v) is 6.20. The van der Waals surface area contributed by atoms with Crippen LogP contribution in [-0.4, -0.2) is 43.2 Å². The van der Waals surface area contributed by atoms with Crippen LogP contribution in [0.25, 0.3) is 5.70 Å². The first-order chi connectivity index (χ1) is 17.3. The molecule has 2 aliphatic rings. The first-order valence-corrected chi connectivity index (χ1v) is 11.9. The van der Waals surface area contributed by atoms with E-state index in [-0.39, 0.29) is 21.4 Å². The van der Waals surface area contributed by atoms with Crippen LogP contribution in [0.15, 0.2) is 53.9 Å². The second-order valence-electron chi connectivity index (χ2n) is 7.82. The number of rotatable bonds is 7. The van der Waals surface area contributed by atoms with Gasteiger partial charge in [0.2, 0.25) is 0 Å². The van der Waals surface area contributed by atoms with Crippen LogP contribution < -0.4 is 21.3 Å². The van der Waals surface area contributed by atoms with Crippen molar-refractivity contribution in [1.82, 2.24) is 20.9 Å². The molecule has 0 saturated heterocycles. The Hall–Kier alpha value is -3.11. The first kappa shape index (κ1) is 26.0. The molecule has 0 radical (unpaired) electrons. The van der Waals surface area contributed by atoms with E-state index in [9.17, 15) is 14.0 Å². The Bertz CT molecular complexity index is 1290. The SMILES string of the molecule is COCCNc1ncc(F)cc1C(=O)NC1NC(c2c(Cl)cc(Cl)cc2Cl)=C2CC=CC=C2NC1=O. The lowest BCUT2D eigenvalue weighted by molar-refractivity contribution is -0.122. The van der Waals surface area contributed by atoms with Gasteiger partial charge in [-0.1, -0.05) is 47.0 Å². The monoisotopic (exact) mass is 551 g/mol. The van der Waals surface area contributed by atoms with Crippen LogP contribution in [0, 0.1) is 5.82 Å². The summed E-state index contributed by atoms with van der Waals surface area (Å²) in [7, 11) is 1.53. The lowest BCUT2D eigenvalue weighted by Gasteiger charge is -2.22. The number of halogens is 4. The molecule has 1 aromatic heterocycles. The van der Waals surface area contributed by atoms with Gasteiger partial charge in [0.05, 0.1) is 34.1 Å². The van der Waals surface area contributed by atoms with Crippen molar-refractivity contribution in [3.63, 3.8) is 0 Å². The summed E-state index contributed by atoms with van der Waals surface area (Å²) in [6.07, 6.45) is 5.63. The number of carbonyl (C=O) groups excluding carboxylic acids is 2. The molecule has 2 aromatic rings. The van der Waals surface area contributed by atoms with Crippen LogP contribution in [0.4, 0.5) is 10.2 Å². The van der Waals surface area contributed by atoms with Crippen LogP contribution in [0.2, 0.25) is 15.1 Å². The maximum Gasteiger partial charge on any atom is 0.267 e. The molecule has 1 unspecified atom stereocenters. The lowest BCUT2D eigenvalue weighted by Crippen LogP contribution is -2.53. The molecule has 8 nitrogen and oxygen atoms in total. The van der Waals surface area contributed by atoms with Crippen molar-refractivity contribution in [3.8, 4) is 0 Å². The Balaban J connectivity index is 1.69. The number of aromatic nitrogens is 1. The highest BCUT2D eigenvalue weighted by Crippen LogP contribution is 2.38. The van der Waals surface area contributed by atoms with E-state index in [2.05, 4.69) is 26.3 Å². The maximum atomic E-state index is 14.0. The fourth-order valence-electron chi connectivity index (χ4n) is 3.76. The molecular formula is C24H21Cl3FN5O3. The second-order valence-corrected chi connectivity index (χ2v) is 9.07. The molecule has 1 aromatic carbocycles. The van der Waals surface area contributed by atoms with Gasteiger partial charge in [-0.05, 0) is 30.7 Å². The van der Waals surface area contributed by atoms with Crippen molar-refractivity contribution in [1.29, 1.82) is 0 Å². The van der Waals surface area contributed by atoms with Gasteiger partial charge in [-0.3, -0.25) is 9.59 Å². The molecule has 36 heavy (non-hydrogen) atoms. The molecule has 0 spiro atoms. The molecule has 0 fully saturated rings. The Morgan fingerprint density at radius 2 is 2.00 bits per heavy atom. The number of nitrogens with zero attached hydrogens (tertiary/aromatic N) is 1. The van der Waals surface area contributed by atoms with Crippen LogP contribution in [0.3, 0.4) is 0 Å². The van der Waals surface area contributed by atoms with E-state index < -0.39 is 23.8 Å².